The van der Waals surface area contributed by atoms with Crippen molar-refractivity contribution >= 4 is 40.0 Å². The van der Waals surface area contributed by atoms with Gasteiger partial charge in [-0.25, -0.2) is 0 Å². The zero-order valence-corrected chi connectivity index (χ0v) is 15.1. The maximum atomic E-state index is 11.9. The summed E-state index contributed by atoms with van der Waals surface area (Å²) >= 11 is 11.8. The fourth-order valence-electron chi connectivity index (χ4n) is 2.60. The van der Waals surface area contributed by atoms with Gasteiger partial charge in [0.15, 0.2) is 6.61 Å². The van der Waals surface area contributed by atoms with Crippen molar-refractivity contribution in [2.75, 3.05) is 13.2 Å². The van der Waals surface area contributed by atoms with Gasteiger partial charge in [-0.3, -0.25) is 4.79 Å². The predicted octanol–water partition coefficient (Wildman–Crippen LogP) is 4.53. The summed E-state index contributed by atoms with van der Waals surface area (Å²) in [6.45, 7) is 1.36. The topological polar surface area (TPSA) is 43.3 Å². The maximum Gasteiger partial charge on any atom is 0.257 e. The van der Waals surface area contributed by atoms with Crippen LogP contribution >= 0.6 is 23.2 Å². The molecular formula is C19H18Cl2N2O2. The van der Waals surface area contributed by atoms with Gasteiger partial charge >= 0.3 is 0 Å². The largest absolute Gasteiger partial charge is 0.482 e. The van der Waals surface area contributed by atoms with E-state index in [2.05, 4.69) is 34.3 Å². The molecule has 1 amide bonds. The fraction of sp³-hybridized carbons (Fsp3) is 0.211. The Bertz CT molecular complexity index is 877. The number of carbonyl (C=O) groups is 1. The number of hydrogen-bond acceptors (Lipinski definition) is 2. The average Bonchev–Trinajstić information content (AvgIpc) is 3.01. The van der Waals surface area contributed by atoms with Crippen LogP contribution in [0.2, 0.25) is 10.0 Å². The summed E-state index contributed by atoms with van der Waals surface area (Å²) in [5, 5.41) is 4.99. The molecule has 0 bridgehead atoms. The van der Waals surface area contributed by atoms with Gasteiger partial charge in [0, 0.05) is 29.8 Å². The van der Waals surface area contributed by atoms with Gasteiger partial charge in [-0.1, -0.05) is 41.4 Å². The lowest BCUT2D eigenvalue weighted by atomic mass is 10.2. The third-order valence-electron chi connectivity index (χ3n) is 3.83. The molecule has 0 spiro atoms. The number of benzene rings is 2. The standard InChI is InChI=1S/C19H18Cl2N2O2/c20-15-6-7-18(16(21)12-15)25-13-19(24)22-9-3-10-23-11-8-14-4-1-2-5-17(14)23/h1-2,4-8,11-12H,3,9-10,13H2,(H,22,24). The highest BCUT2D eigenvalue weighted by Gasteiger charge is 2.06. The molecule has 0 unspecified atom stereocenters. The van der Waals surface area contributed by atoms with Gasteiger partial charge in [0.25, 0.3) is 5.91 Å². The van der Waals surface area contributed by atoms with Crippen molar-refractivity contribution in [2.24, 2.45) is 0 Å². The zero-order chi connectivity index (χ0) is 17.6. The summed E-state index contributed by atoms with van der Waals surface area (Å²) < 4.78 is 7.59. The van der Waals surface area contributed by atoms with Gasteiger partial charge in [-0.2, -0.15) is 0 Å². The highest BCUT2D eigenvalue weighted by molar-refractivity contribution is 6.35. The monoisotopic (exact) mass is 376 g/mol. The Morgan fingerprint density at radius 1 is 1.12 bits per heavy atom. The number of rotatable bonds is 7. The molecule has 3 rings (SSSR count). The summed E-state index contributed by atoms with van der Waals surface area (Å²) in [5.74, 6) is 0.267. The molecule has 0 atom stereocenters. The zero-order valence-electron chi connectivity index (χ0n) is 13.5. The van der Waals surface area contributed by atoms with Crippen molar-refractivity contribution < 1.29 is 9.53 Å². The van der Waals surface area contributed by atoms with Crippen molar-refractivity contribution in [3.8, 4) is 5.75 Å². The summed E-state index contributed by atoms with van der Waals surface area (Å²) in [6.07, 6.45) is 2.91. The van der Waals surface area contributed by atoms with Crippen LogP contribution in [0.15, 0.2) is 54.7 Å². The molecule has 130 valence electrons. The molecule has 1 aromatic heterocycles. The second-order valence-corrected chi connectivity index (χ2v) is 6.48. The Hall–Kier alpha value is -2.17. The molecule has 0 radical (unpaired) electrons. The molecule has 25 heavy (non-hydrogen) atoms. The second-order valence-electron chi connectivity index (χ2n) is 5.63. The molecule has 0 aliphatic heterocycles. The van der Waals surface area contributed by atoms with Gasteiger partial charge in [0.05, 0.1) is 5.02 Å². The first-order valence-corrected chi connectivity index (χ1v) is 8.77. The summed E-state index contributed by atoms with van der Waals surface area (Å²) in [6, 6.07) is 15.2. The van der Waals surface area contributed by atoms with Crippen molar-refractivity contribution in [2.45, 2.75) is 13.0 Å². The van der Waals surface area contributed by atoms with Crippen molar-refractivity contribution in [3.05, 3.63) is 64.8 Å². The molecule has 0 aliphatic carbocycles. The molecule has 4 nitrogen and oxygen atoms in total. The van der Waals surface area contributed by atoms with E-state index in [-0.39, 0.29) is 12.5 Å². The Kier molecular flexibility index (Phi) is 5.84. The first kappa shape index (κ1) is 17.6. The Morgan fingerprint density at radius 2 is 1.96 bits per heavy atom. The van der Waals surface area contributed by atoms with Gasteiger partial charge in [0.2, 0.25) is 0 Å². The molecule has 0 fully saturated rings. The van der Waals surface area contributed by atoms with Gasteiger partial charge in [-0.05, 0) is 42.1 Å². The number of para-hydroxylation sites is 1. The van der Waals surface area contributed by atoms with Crippen LogP contribution in [-0.4, -0.2) is 23.6 Å². The number of aryl methyl sites for hydroxylation is 1. The Labute approximate surface area is 156 Å². The first-order chi connectivity index (χ1) is 12.1. The number of halogens is 2. The van der Waals surface area contributed by atoms with Crippen LogP contribution in [0, 0.1) is 0 Å². The number of aromatic nitrogens is 1. The molecular weight excluding hydrogens is 359 g/mol. The van der Waals surface area contributed by atoms with E-state index in [1.54, 1.807) is 18.2 Å². The van der Waals surface area contributed by atoms with E-state index in [0.717, 1.165) is 13.0 Å². The molecule has 2 aromatic carbocycles. The second kappa shape index (κ2) is 8.28. The molecule has 0 aliphatic rings. The third-order valence-corrected chi connectivity index (χ3v) is 4.36. The highest BCUT2D eigenvalue weighted by atomic mass is 35.5. The average molecular weight is 377 g/mol. The van der Waals surface area contributed by atoms with E-state index in [4.69, 9.17) is 27.9 Å². The van der Waals surface area contributed by atoms with Crippen LogP contribution in [0.5, 0.6) is 5.75 Å². The molecule has 1 N–H and O–H groups in total. The quantitative estimate of drug-likeness (QED) is 0.615. The van der Waals surface area contributed by atoms with Crippen LogP contribution in [0.4, 0.5) is 0 Å². The Morgan fingerprint density at radius 3 is 2.80 bits per heavy atom. The number of amides is 1. The molecule has 0 saturated heterocycles. The maximum absolute atomic E-state index is 11.9. The van der Waals surface area contributed by atoms with Crippen LogP contribution < -0.4 is 10.1 Å². The van der Waals surface area contributed by atoms with Crippen LogP contribution in [0.1, 0.15) is 6.42 Å². The van der Waals surface area contributed by atoms with E-state index in [0.29, 0.717) is 22.3 Å². The number of carbonyl (C=O) groups excluding carboxylic acids is 1. The predicted molar refractivity (Wildman–Crippen MR) is 102 cm³/mol. The van der Waals surface area contributed by atoms with E-state index in [1.165, 1.54) is 10.9 Å². The number of nitrogens with zero attached hydrogens (tertiary/aromatic N) is 1. The smallest absolute Gasteiger partial charge is 0.257 e. The first-order valence-electron chi connectivity index (χ1n) is 8.02. The van der Waals surface area contributed by atoms with Crippen molar-refractivity contribution in [1.29, 1.82) is 0 Å². The normalized spacial score (nSPS) is 10.8. The van der Waals surface area contributed by atoms with Crippen LogP contribution in [0.25, 0.3) is 10.9 Å². The fourth-order valence-corrected chi connectivity index (χ4v) is 3.06. The highest BCUT2D eigenvalue weighted by Crippen LogP contribution is 2.27. The van der Waals surface area contributed by atoms with E-state index in [9.17, 15) is 4.79 Å². The Balaban J connectivity index is 1.40. The molecule has 3 aromatic rings. The minimum Gasteiger partial charge on any atom is -0.482 e. The number of hydrogen-bond donors (Lipinski definition) is 1. The van der Waals surface area contributed by atoms with Gasteiger partial charge in [0.1, 0.15) is 5.75 Å². The SMILES string of the molecule is O=C(COc1ccc(Cl)cc1Cl)NCCCn1ccc2ccccc21. The summed E-state index contributed by atoms with van der Waals surface area (Å²) in [7, 11) is 0. The summed E-state index contributed by atoms with van der Waals surface area (Å²) in [5.41, 5.74) is 1.20. The van der Waals surface area contributed by atoms with Crippen molar-refractivity contribution in [3.63, 3.8) is 0 Å². The van der Waals surface area contributed by atoms with Crippen LogP contribution in [0.3, 0.4) is 0 Å². The summed E-state index contributed by atoms with van der Waals surface area (Å²) in [4.78, 5) is 11.9. The third kappa shape index (κ3) is 4.68. The molecule has 6 heteroatoms. The van der Waals surface area contributed by atoms with Gasteiger partial charge < -0.3 is 14.6 Å². The number of fused-ring (bicyclic) bond motifs is 1. The van der Waals surface area contributed by atoms with E-state index >= 15 is 0 Å². The minimum atomic E-state index is -0.177. The van der Waals surface area contributed by atoms with E-state index < -0.39 is 0 Å². The van der Waals surface area contributed by atoms with Crippen LogP contribution in [-0.2, 0) is 11.3 Å². The van der Waals surface area contributed by atoms with Crippen molar-refractivity contribution in [1.82, 2.24) is 9.88 Å². The minimum absolute atomic E-state index is 0.0756. The number of ether oxygens (including phenoxy) is 1. The number of nitrogens with one attached hydrogen (secondary N) is 1. The molecule has 1 heterocycles. The van der Waals surface area contributed by atoms with Gasteiger partial charge in [-0.15, -0.1) is 0 Å². The lowest BCUT2D eigenvalue weighted by molar-refractivity contribution is -0.123. The lowest BCUT2D eigenvalue weighted by Gasteiger charge is -2.09. The molecule has 0 saturated carbocycles. The lowest BCUT2D eigenvalue weighted by Crippen LogP contribution is -2.30. The van der Waals surface area contributed by atoms with E-state index in [1.807, 2.05) is 12.1 Å².